The summed E-state index contributed by atoms with van der Waals surface area (Å²) in [6, 6.07) is 16.2. The van der Waals surface area contributed by atoms with E-state index in [1.165, 1.54) is 11.6 Å². The van der Waals surface area contributed by atoms with Crippen molar-refractivity contribution in [1.82, 2.24) is 9.80 Å². The van der Waals surface area contributed by atoms with Crippen LogP contribution in [0.4, 0.5) is 14.5 Å². The molecule has 0 saturated carbocycles. The number of nitrogens with zero attached hydrogens (tertiary/aromatic N) is 2. The van der Waals surface area contributed by atoms with Gasteiger partial charge in [0.25, 0.3) is 0 Å². The Balaban J connectivity index is 1.52. The topological polar surface area (TPSA) is 44.8 Å². The van der Waals surface area contributed by atoms with E-state index in [4.69, 9.17) is 0 Å². The van der Waals surface area contributed by atoms with Crippen LogP contribution in [-0.4, -0.2) is 54.5 Å². The fourth-order valence-corrected chi connectivity index (χ4v) is 3.32. The number of ether oxygens (including phenoxy) is 1. The molecule has 0 bridgehead atoms. The summed E-state index contributed by atoms with van der Waals surface area (Å²) in [6.45, 7) is 3.09. The minimum absolute atomic E-state index is 0.0364. The minimum atomic E-state index is -2.94. The number of alkyl halides is 2. The molecule has 1 amide bonds. The van der Waals surface area contributed by atoms with Crippen molar-refractivity contribution < 1.29 is 18.3 Å². The van der Waals surface area contributed by atoms with Crippen LogP contribution in [0.5, 0.6) is 5.75 Å². The smallest absolute Gasteiger partial charge is 0.387 e. The van der Waals surface area contributed by atoms with Crippen molar-refractivity contribution in [2.24, 2.45) is 0 Å². The SMILES string of the molecule is C[C@H](C(=O)Nc1ccccc1OC(F)F)N1CCN(Cc2ccccc2)CC1. The first kappa shape index (κ1) is 20.2. The maximum atomic E-state index is 12.6. The summed E-state index contributed by atoms with van der Waals surface area (Å²) in [7, 11) is 0. The third-order valence-electron chi connectivity index (χ3n) is 4.94. The van der Waals surface area contributed by atoms with Gasteiger partial charge in [-0.15, -0.1) is 0 Å². The molecule has 1 heterocycles. The van der Waals surface area contributed by atoms with Crippen LogP contribution in [-0.2, 0) is 11.3 Å². The molecule has 7 heteroatoms. The molecular weight excluding hydrogens is 364 g/mol. The van der Waals surface area contributed by atoms with Gasteiger partial charge in [-0.05, 0) is 24.6 Å². The van der Waals surface area contributed by atoms with Gasteiger partial charge in [0, 0.05) is 32.7 Å². The summed E-state index contributed by atoms with van der Waals surface area (Å²) >= 11 is 0. The maximum Gasteiger partial charge on any atom is 0.387 e. The molecule has 5 nitrogen and oxygen atoms in total. The van der Waals surface area contributed by atoms with Crippen LogP contribution in [0.15, 0.2) is 54.6 Å². The molecule has 1 saturated heterocycles. The second-order valence-electron chi connectivity index (χ2n) is 6.84. The number of hydrogen-bond donors (Lipinski definition) is 1. The van der Waals surface area contributed by atoms with Gasteiger partial charge in [0.15, 0.2) is 0 Å². The number of benzene rings is 2. The van der Waals surface area contributed by atoms with E-state index in [1.807, 2.05) is 25.1 Å². The van der Waals surface area contributed by atoms with Crippen LogP contribution in [0.25, 0.3) is 0 Å². The Kier molecular flexibility index (Phi) is 6.95. The van der Waals surface area contributed by atoms with E-state index in [0.717, 1.165) is 32.7 Å². The molecule has 1 N–H and O–H groups in total. The zero-order valence-electron chi connectivity index (χ0n) is 15.9. The van der Waals surface area contributed by atoms with Crippen molar-refractivity contribution in [3.63, 3.8) is 0 Å². The van der Waals surface area contributed by atoms with E-state index in [2.05, 4.69) is 32.0 Å². The molecule has 2 aromatic rings. The highest BCUT2D eigenvalue weighted by Crippen LogP contribution is 2.26. The molecule has 1 aliphatic heterocycles. The molecule has 150 valence electrons. The zero-order valence-corrected chi connectivity index (χ0v) is 15.9. The van der Waals surface area contributed by atoms with Crippen LogP contribution in [0, 0.1) is 0 Å². The van der Waals surface area contributed by atoms with Crippen molar-refractivity contribution in [1.29, 1.82) is 0 Å². The van der Waals surface area contributed by atoms with E-state index < -0.39 is 6.61 Å². The number of amides is 1. The summed E-state index contributed by atoms with van der Waals surface area (Å²) in [5.41, 5.74) is 1.53. The van der Waals surface area contributed by atoms with E-state index >= 15 is 0 Å². The van der Waals surface area contributed by atoms with Gasteiger partial charge in [-0.25, -0.2) is 0 Å². The van der Waals surface area contributed by atoms with Crippen molar-refractivity contribution in [3.8, 4) is 5.75 Å². The van der Waals surface area contributed by atoms with E-state index in [-0.39, 0.29) is 23.4 Å². The number of anilines is 1. The first-order valence-corrected chi connectivity index (χ1v) is 9.38. The summed E-state index contributed by atoms with van der Waals surface area (Å²) in [4.78, 5) is 17.1. The quantitative estimate of drug-likeness (QED) is 0.788. The summed E-state index contributed by atoms with van der Waals surface area (Å²) in [5, 5.41) is 2.71. The average Bonchev–Trinajstić information content (AvgIpc) is 2.70. The largest absolute Gasteiger partial charge is 0.433 e. The monoisotopic (exact) mass is 389 g/mol. The van der Waals surface area contributed by atoms with Crippen molar-refractivity contribution >= 4 is 11.6 Å². The Morgan fingerprint density at radius 1 is 1.04 bits per heavy atom. The number of nitrogens with one attached hydrogen (secondary N) is 1. The molecule has 1 aliphatic rings. The number of hydrogen-bond acceptors (Lipinski definition) is 4. The molecule has 0 aromatic heterocycles. The maximum absolute atomic E-state index is 12.6. The Labute approximate surface area is 163 Å². The average molecular weight is 389 g/mol. The lowest BCUT2D eigenvalue weighted by molar-refractivity contribution is -0.121. The second kappa shape index (κ2) is 9.61. The number of halogens is 2. The van der Waals surface area contributed by atoms with E-state index in [9.17, 15) is 13.6 Å². The van der Waals surface area contributed by atoms with Gasteiger partial charge in [0.2, 0.25) is 5.91 Å². The van der Waals surface area contributed by atoms with Gasteiger partial charge in [0.05, 0.1) is 11.7 Å². The van der Waals surface area contributed by atoms with Gasteiger partial charge < -0.3 is 10.1 Å². The van der Waals surface area contributed by atoms with Gasteiger partial charge in [-0.3, -0.25) is 14.6 Å². The van der Waals surface area contributed by atoms with E-state index in [1.54, 1.807) is 18.2 Å². The lowest BCUT2D eigenvalue weighted by atomic mass is 10.1. The minimum Gasteiger partial charge on any atom is -0.433 e. The Morgan fingerprint density at radius 3 is 2.36 bits per heavy atom. The van der Waals surface area contributed by atoms with Gasteiger partial charge in [-0.2, -0.15) is 8.78 Å². The molecule has 2 aromatic carbocycles. The molecule has 1 atom stereocenters. The van der Waals surface area contributed by atoms with Crippen LogP contribution in [0.1, 0.15) is 12.5 Å². The third-order valence-corrected chi connectivity index (χ3v) is 4.94. The highest BCUT2D eigenvalue weighted by Gasteiger charge is 2.26. The van der Waals surface area contributed by atoms with Crippen molar-refractivity contribution in [2.75, 3.05) is 31.5 Å². The lowest BCUT2D eigenvalue weighted by Gasteiger charge is -2.37. The predicted octanol–water partition coefficient (Wildman–Crippen LogP) is 3.43. The molecule has 0 spiro atoms. The number of carbonyl (C=O) groups excluding carboxylic acids is 1. The summed E-state index contributed by atoms with van der Waals surface area (Å²) in [5.74, 6) is -0.271. The third kappa shape index (κ3) is 5.50. The fourth-order valence-electron chi connectivity index (χ4n) is 3.32. The molecule has 0 radical (unpaired) electrons. The summed E-state index contributed by atoms with van der Waals surface area (Å²) < 4.78 is 29.5. The Bertz CT molecular complexity index is 765. The molecule has 1 fully saturated rings. The number of para-hydroxylation sites is 2. The Morgan fingerprint density at radius 2 is 1.68 bits per heavy atom. The van der Waals surface area contributed by atoms with Gasteiger partial charge in [-0.1, -0.05) is 42.5 Å². The number of piperazine rings is 1. The Hall–Kier alpha value is -2.51. The highest BCUT2D eigenvalue weighted by molar-refractivity contribution is 5.95. The van der Waals surface area contributed by atoms with Crippen molar-refractivity contribution in [2.45, 2.75) is 26.1 Å². The second-order valence-corrected chi connectivity index (χ2v) is 6.84. The normalized spacial score (nSPS) is 16.7. The van der Waals surface area contributed by atoms with Crippen LogP contribution in [0.3, 0.4) is 0 Å². The molecule has 28 heavy (non-hydrogen) atoms. The van der Waals surface area contributed by atoms with Crippen molar-refractivity contribution in [3.05, 3.63) is 60.2 Å². The predicted molar refractivity (Wildman–Crippen MR) is 104 cm³/mol. The molecule has 0 aliphatic carbocycles. The molecular formula is C21H25F2N3O2. The molecule has 3 rings (SSSR count). The zero-order chi connectivity index (χ0) is 19.9. The lowest BCUT2D eigenvalue weighted by Crippen LogP contribution is -2.52. The fraction of sp³-hybridized carbons (Fsp3) is 0.381. The summed E-state index contributed by atoms with van der Waals surface area (Å²) in [6.07, 6.45) is 0. The highest BCUT2D eigenvalue weighted by atomic mass is 19.3. The van der Waals surface area contributed by atoms with Gasteiger partial charge >= 0.3 is 6.61 Å². The first-order chi connectivity index (χ1) is 13.5. The molecule has 0 unspecified atom stereocenters. The first-order valence-electron chi connectivity index (χ1n) is 9.38. The van der Waals surface area contributed by atoms with Gasteiger partial charge in [0.1, 0.15) is 5.75 Å². The van der Waals surface area contributed by atoms with Crippen LogP contribution >= 0.6 is 0 Å². The standard InChI is InChI=1S/C21H25F2N3O2/c1-16(20(27)24-18-9-5-6-10-19(18)28-21(22)23)26-13-11-25(12-14-26)15-17-7-3-2-4-8-17/h2-10,16,21H,11-15H2,1H3,(H,24,27)/t16-/m1/s1. The van der Waals surface area contributed by atoms with E-state index in [0.29, 0.717) is 0 Å². The van der Waals surface area contributed by atoms with Crippen LogP contribution in [0.2, 0.25) is 0 Å². The number of carbonyl (C=O) groups is 1. The van der Waals surface area contributed by atoms with Crippen LogP contribution < -0.4 is 10.1 Å². The number of rotatable bonds is 7.